The van der Waals surface area contributed by atoms with Gasteiger partial charge < -0.3 is 13.7 Å². The number of nitrogens with zero attached hydrogens (tertiary/aromatic N) is 1. The molecule has 102 valence electrons. The van der Waals surface area contributed by atoms with Crippen LogP contribution in [-0.2, 0) is 9.31 Å². The highest BCUT2D eigenvalue weighted by Crippen LogP contribution is 2.36. The van der Waals surface area contributed by atoms with Crippen molar-refractivity contribution in [2.45, 2.75) is 38.9 Å². The molecule has 0 N–H and O–H groups in total. The van der Waals surface area contributed by atoms with Crippen molar-refractivity contribution in [2.75, 3.05) is 0 Å². The predicted octanol–water partition coefficient (Wildman–Crippen LogP) is 2.60. The maximum Gasteiger partial charge on any atom is 0.532 e. The van der Waals surface area contributed by atoms with E-state index in [0.29, 0.717) is 16.8 Å². The molecule has 4 nitrogen and oxygen atoms in total. The molecule has 1 aromatic heterocycles. The molecule has 1 aromatic carbocycles. The van der Waals surface area contributed by atoms with Gasteiger partial charge in [-0.3, -0.25) is 0 Å². The SMILES string of the molecule is CC1(C)OB(c2cc3ccc(C#N)cc3o2)OC1(C)C. The fraction of sp³-hybridized carbons (Fsp3) is 0.400. The summed E-state index contributed by atoms with van der Waals surface area (Å²) in [6, 6.07) is 9.37. The molecule has 1 aliphatic rings. The normalized spacial score (nSPS) is 20.2. The minimum absolute atomic E-state index is 0.394. The first kappa shape index (κ1) is 13.2. The minimum atomic E-state index is -0.516. The molecule has 0 radical (unpaired) electrons. The Morgan fingerprint density at radius 2 is 1.70 bits per heavy atom. The standard InChI is InChI=1S/C15H16BNO3/c1-14(2)15(3,4)20-16(19-14)13-8-11-6-5-10(9-17)7-12(11)18-13/h5-8H,1-4H3. The first-order chi connectivity index (χ1) is 9.32. The molecule has 0 unspecified atom stereocenters. The highest BCUT2D eigenvalue weighted by atomic mass is 16.7. The molecule has 1 fully saturated rings. The van der Waals surface area contributed by atoms with Crippen LogP contribution < -0.4 is 5.66 Å². The summed E-state index contributed by atoms with van der Waals surface area (Å²) in [6.45, 7) is 8.01. The van der Waals surface area contributed by atoms with Crippen LogP contribution in [0.15, 0.2) is 28.7 Å². The van der Waals surface area contributed by atoms with E-state index in [4.69, 9.17) is 19.0 Å². The molecule has 0 spiro atoms. The molecule has 2 aromatic rings. The van der Waals surface area contributed by atoms with Gasteiger partial charge in [0.25, 0.3) is 0 Å². The highest BCUT2D eigenvalue weighted by molar-refractivity contribution is 6.61. The highest BCUT2D eigenvalue weighted by Gasteiger charge is 2.53. The molecule has 0 atom stereocenters. The van der Waals surface area contributed by atoms with Crippen molar-refractivity contribution in [2.24, 2.45) is 0 Å². The number of benzene rings is 1. The van der Waals surface area contributed by atoms with Crippen LogP contribution >= 0.6 is 0 Å². The third-order valence-corrected chi connectivity index (χ3v) is 4.15. The number of furan rings is 1. The van der Waals surface area contributed by atoms with Gasteiger partial charge in [-0.25, -0.2) is 0 Å². The van der Waals surface area contributed by atoms with Crippen molar-refractivity contribution in [1.29, 1.82) is 5.26 Å². The first-order valence-electron chi connectivity index (χ1n) is 6.62. The molecule has 0 amide bonds. The van der Waals surface area contributed by atoms with Gasteiger partial charge >= 0.3 is 7.12 Å². The Kier molecular flexibility index (Phi) is 2.72. The van der Waals surface area contributed by atoms with Crippen LogP contribution in [0.1, 0.15) is 33.3 Å². The largest absolute Gasteiger partial charge is 0.532 e. The van der Waals surface area contributed by atoms with Gasteiger partial charge in [-0.1, -0.05) is 0 Å². The number of hydrogen-bond acceptors (Lipinski definition) is 4. The Morgan fingerprint density at radius 3 is 2.30 bits per heavy atom. The van der Waals surface area contributed by atoms with E-state index in [-0.39, 0.29) is 0 Å². The molecule has 0 aliphatic carbocycles. The van der Waals surface area contributed by atoms with E-state index in [1.54, 1.807) is 12.1 Å². The molecule has 20 heavy (non-hydrogen) atoms. The number of hydrogen-bond donors (Lipinski definition) is 0. The van der Waals surface area contributed by atoms with Crippen molar-refractivity contribution in [3.05, 3.63) is 29.8 Å². The summed E-state index contributed by atoms with van der Waals surface area (Å²) in [4.78, 5) is 0. The molecule has 1 aliphatic heterocycles. The topological polar surface area (TPSA) is 55.4 Å². The lowest BCUT2D eigenvalue weighted by Crippen LogP contribution is -2.41. The van der Waals surface area contributed by atoms with E-state index < -0.39 is 18.3 Å². The van der Waals surface area contributed by atoms with Gasteiger partial charge in [0.1, 0.15) is 11.2 Å². The molecule has 3 rings (SSSR count). The number of rotatable bonds is 1. The predicted molar refractivity (Wildman–Crippen MR) is 76.6 cm³/mol. The van der Waals surface area contributed by atoms with Crippen LogP contribution in [0, 0.1) is 11.3 Å². The average Bonchev–Trinajstić information content (AvgIpc) is 2.87. The summed E-state index contributed by atoms with van der Waals surface area (Å²) < 4.78 is 17.7. The van der Waals surface area contributed by atoms with Gasteiger partial charge in [0.2, 0.25) is 0 Å². The monoisotopic (exact) mass is 269 g/mol. The lowest BCUT2D eigenvalue weighted by atomic mass is 9.86. The van der Waals surface area contributed by atoms with Crippen molar-refractivity contribution in [3.63, 3.8) is 0 Å². The van der Waals surface area contributed by atoms with E-state index in [0.717, 1.165) is 5.39 Å². The summed E-state index contributed by atoms with van der Waals surface area (Å²) in [5, 5.41) is 9.85. The van der Waals surface area contributed by atoms with Gasteiger partial charge in [0.05, 0.1) is 22.8 Å². The lowest BCUT2D eigenvalue weighted by molar-refractivity contribution is 0.00578. The summed E-state index contributed by atoms with van der Waals surface area (Å²) in [5.41, 5.74) is 1.10. The molecule has 0 saturated carbocycles. The summed E-state index contributed by atoms with van der Waals surface area (Å²) >= 11 is 0. The van der Waals surface area contributed by atoms with Gasteiger partial charge in [-0.2, -0.15) is 5.26 Å². The first-order valence-corrected chi connectivity index (χ1v) is 6.62. The zero-order valence-electron chi connectivity index (χ0n) is 12.1. The van der Waals surface area contributed by atoms with Gasteiger partial charge in [0.15, 0.2) is 0 Å². The van der Waals surface area contributed by atoms with Crippen LogP contribution in [0.3, 0.4) is 0 Å². The van der Waals surface area contributed by atoms with Crippen molar-refractivity contribution in [3.8, 4) is 6.07 Å². The van der Waals surface area contributed by atoms with Gasteiger partial charge in [0, 0.05) is 5.39 Å². The minimum Gasteiger partial charge on any atom is -0.465 e. The second-order valence-electron chi connectivity index (χ2n) is 6.10. The third-order valence-electron chi connectivity index (χ3n) is 4.15. The van der Waals surface area contributed by atoms with E-state index in [2.05, 4.69) is 6.07 Å². The number of nitriles is 1. The lowest BCUT2D eigenvalue weighted by Gasteiger charge is -2.32. The Balaban J connectivity index is 1.98. The molecule has 1 saturated heterocycles. The second kappa shape index (κ2) is 4.11. The average molecular weight is 269 g/mol. The summed E-state index contributed by atoms with van der Waals surface area (Å²) in [5.74, 6) is 0. The zero-order chi connectivity index (χ0) is 14.5. The molecule has 2 heterocycles. The third kappa shape index (κ3) is 1.93. The summed E-state index contributed by atoms with van der Waals surface area (Å²) in [7, 11) is -0.516. The van der Waals surface area contributed by atoms with Crippen LogP contribution in [0.25, 0.3) is 11.0 Å². The van der Waals surface area contributed by atoms with Gasteiger partial charge in [-0.05, 0) is 52.0 Å². The van der Waals surface area contributed by atoms with Crippen LogP contribution in [0.4, 0.5) is 0 Å². The Bertz CT molecular complexity index is 695. The van der Waals surface area contributed by atoms with Crippen LogP contribution in [0.2, 0.25) is 0 Å². The molecular formula is C15H16BNO3. The Labute approximate surface area is 118 Å². The fourth-order valence-corrected chi connectivity index (χ4v) is 2.20. The Hall–Kier alpha value is -1.77. The van der Waals surface area contributed by atoms with Crippen LogP contribution in [-0.4, -0.2) is 18.3 Å². The van der Waals surface area contributed by atoms with E-state index >= 15 is 0 Å². The van der Waals surface area contributed by atoms with Crippen molar-refractivity contribution in [1.82, 2.24) is 0 Å². The van der Waals surface area contributed by atoms with E-state index in [1.807, 2.05) is 39.8 Å². The summed E-state index contributed by atoms with van der Waals surface area (Å²) in [6.07, 6.45) is 0. The molecule has 0 bridgehead atoms. The maximum atomic E-state index is 8.91. The quantitative estimate of drug-likeness (QED) is 0.747. The Morgan fingerprint density at radius 1 is 1.05 bits per heavy atom. The van der Waals surface area contributed by atoms with Gasteiger partial charge in [-0.15, -0.1) is 0 Å². The van der Waals surface area contributed by atoms with E-state index in [1.165, 1.54) is 0 Å². The fourth-order valence-electron chi connectivity index (χ4n) is 2.20. The molecular weight excluding hydrogens is 253 g/mol. The number of fused-ring (bicyclic) bond motifs is 1. The maximum absolute atomic E-state index is 8.91. The van der Waals surface area contributed by atoms with E-state index in [9.17, 15) is 0 Å². The molecule has 5 heteroatoms. The van der Waals surface area contributed by atoms with Crippen LogP contribution in [0.5, 0.6) is 0 Å². The van der Waals surface area contributed by atoms with Crippen molar-refractivity contribution < 1.29 is 13.7 Å². The zero-order valence-corrected chi connectivity index (χ0v) is 12.1. The smallest absolute Gasteiger partial charge is 0.465 e. The van der Waals surface area contributed by atoms with Crippen molar-refractivity contribution >= 4 is 23.7 Å². The second-order valence-corrected chi connectivity index (χ2v) is 6.10.